The molecule has 1 aliphatic rings. The number of amides is 2. The van der Waals surface area contributed by atoms with Crippen LogP contribution in [0.3, 0.4) is 0 Å². The van der Waals surface area contributed by atoms with Crippen molar-refractivity contribution < 1.29 is 9.59 Å². The SMILES string of the molecule is CCc1ccc(C(=O)N2CCN(C(=O)c3cnn(-c4cccc(Cl)c4)c3CC)CC2)cc1. The Morgan fingerprint density at radius 3 is 2.16 bits per heavy atom. The molecule has 0 bridgehead atoms. The molecule has 0 atom stereocenters. The van der Waals surface area contributed by atoms with E-state index in [1.165, 1.54) is 5.56 Å². The molecule has 2 heterocycles. The summed E-state index contributed by atoms with van der Waals surface area (Å²) in [6.45, 7) is 6.14. The Balaban J connectivity index is 1.45. The van der Waals surface area contributed by atoms with Gasteiger partial charge in [0, 0.05) is 36.8 Å². The van der Waals surface area contributed by atoms with Gasteiger partial charge < -0.3 is 9.80 Å². The molecule has 1 fully saturated rings. The largest absolute Gasteiger partial charge is 0.335 e. The lowest BCUT2D eigenvalue weighted by Gasteiger charge is -2.34. The van der Waals surface area contributed by atoms with E-state index >= 15 is 0 Å². The third-order valence-corrected chi connectivity index (χ3v) is 6.19. The van der Waals surface area contributed by atoms with Crippen molar-refractivity contribution in [2.45, 2.75) is 26.7 Å². The number of halogens is 1. The third-order valence-electron chi connectivity index (χ3n) is 5.95. The van der Waals surface area contributed by atoms with Gasteiger partial charge in [-0.15, -0.1) is 0 Å². The molecule has 0 N–H and O–H groups in total. The van der Waals surface area contributed by atoms with Crippen LogP contribution in [0.15, 0.2) is 54.7 Å². The summed E-state index contributed by atoms with van der Waals surface area (Å²) in [6.07, 6.45) is 3.25. The lowest BCUT2D eigenvalue weighted by Crippen LogP contribution is -2.50. The van der Waals surface area contributed by atoms with E-state index in [1.54, 1.807) is 10.9 Å². The van der Waals surface area contributed by atoms with E-state index in [9.17, 15) is 9.59 Å². The molecule has 166 valence electrons. The van der Waals surface area contributed by atoms with E-state index < -0.39 is 0 Å². The quantitative estimate of drug-likeness (QED) is 0.584. The summed E-state index contributed by atoms with van der Waals surface area (Å²) in [5, 5.41) is 5.08. The molecule has 0 spiro atoms. The van der Waals surface area contributed by atoms with Gasteiger partial charge in [-0.25, -0.2) is 4.68 Å². The van der Waals surface area contributed by atoms with Gasteiger partial charge in [0.15, 0.2) is 0 Å². The Kier molecular flexibility index (Phi) is 6.61. The van der Waals surface area contributed by atoms with Crippen LogP contribution in [0.25, 0.3) is 5.69 Å². The molecule has 1 aromatic heterocycles. The Morgan fingerprint density at radius 1 is 0.906 bits per heavy atom. The van der Waals surface area contributed by atoms with Gasteiger partial charge in [-0.2, -0.15) is 5.10 Å². The van der Waals surface area contributed by atoms with Crippen LogP contribution in [-0.4, -0.2) is 57.6 Å². The Hall–Kier alpha value is -3.12. The fraction of sp³-hybridized carbons (Fsp3) is 0.320. The van der Waals surface area contributed by atoms with Gasteiger partial charge in [0.1, 0.15) is 0 Å². The van der Waals surface area contributed by atoms with E-state index in [0.29, 0.717) is 48.7 Å². The zero-order chi connectivity index (χ0) is 22.7. The number of hydrogen-bond donors (Lipinski definition) is 0. The lowest BCUT2D eigenvalue weighted by atomic mass is 10.1. The number of carbonyl (C=O) groups is 2. The predicted molar refractivity (Wildman–Crippen MR) is 126 cm³/mol. The Bertz CT molecular complexity index is 1120. The summed E-state index contributed by atoms with van der Waals surface area (Å²) >= 11 is 6.13. The maximum absolute atomic E-state index is 13.3. The Morgan fingerprint density at radius 2 is 1.56 bits per heavy atom. The van der Waals surface area contributed by atoms with Crippen LogP contribution in [0.4, 0.5) is 0 Å². The number of benzene rings is 2. The molecular formula is C25H27ClN4O2. The molecule has 0 saturated carbocycles. The number of aromatic nitrogens is 2. The molecule has 4 rings (SSSR count). The molecule has 32 heavy (non-hydrogen) atoms. The first-order valence-electron chi connectivity index (χ1n) is 11.0. The smallest absolute Gasteiger partial charge is 0.257 e. The van der Waals surface area contributed by atoms with Crippen molar-refractivity contribution in [2.24, 2.45) is 0 Å². The normalized spacial score (nSPS) is 14.0. The van der Waals surface area contributed by atoms with E-state index in [-0.39, 0.29) is 11.8 Å². The van der Waals surface area contributed by atoms with E-state index in [1.807, 2.05) is 65.3 Å². The van der Waals surface area contributed by atoms with Gasteiger partial charge in [-0.05, 0) is 48.7 Å². The number of nitrogens with zero attached hydrogens (tertiary/aromatic N) is 4. The first kappa shape index (κ1) is 22.1. The third kappa shape index (κ3) is 4.41. The second-order valence-corrected chi connectivity index (χ2v) is 8.32. The monoisotopic (exact) mass is 450 g/mol. The number of piperazine rings is 1. The minimum absolute atomic E-state index is 0.0165. The van der Waals surface area contributed by atoms with Crippen LogP contribution < -0.4 is 0 Å². The average molecular weight is 451 g/mol. The maximum Gasteiger partial charge on any atom is 0.257 e. The molecular weight excluding hydrogens is 424 g/mol. The van der Waals surface area contributed by atoms with E-state index in [4.69, 9.17) is 11.6 Å². The fourth-order valence-corrected chi connectivity index (χ4v) is 4.26. The van der Waals surface area contributed by atoms with E-state index in [2.05, 4.69) is 12.0 Å². The summed E-state index contributed by atoms with van der Waals surface area (Å²) in [5.41, 5.74) is 4.19. The fourth-order valence-electron chi connectivity index (χ4n) is 4.07. The molecule has 1 saturated heterocycles. The summed E-state index contributed by atoms with van der Waals surface area (Å²) < 4.78 is 1.78. The molecule has 6 nitrogen and oxygen atoms in total. The second-order valence-electron chi connectivity index (χ2n) is 7.89. The van der Waals surface area contributed by atoms with Crippen molar-refractivity contribution in [3.63, 3.8) is 0 Å². The van der Waals surface area contributed by atoms with Gasteiger partial charge in [0.05, 0.1) is 23.1 Å². The second kappa shape index (κ2) is 9.57. The van der Waals surface area contributed by atoms with Crippen molar-refractivity contribution in [3.8, 4) is 5.69 Å². The van der Waals surface area contributed by atoms with Crippen molar-refractivity contribution >= 4 is 23.4 Å². The highest BCUT2D eigenvalue weighted by molar-refractivity contribution is 6.30. The summed E-state index contributed by atoms with van der Waals surface area (Å²) in [5.74, 6) is -0.0303. The molecule has 0 radical (unpaired) electrons. The van der Waals surface area contributed by atoms with Crippen LogP contribution in [0.2, 0.25) is 5.02 Å². The highest BCUT2D eigenvalue weighted by Gasteiger charge is 2.28. The van der Waals surface area contributed by atoms with Gasteiger partial charge in [0.2, 0.25) is 0 Å². The standard InChI is InChI=1S/C25H27ClN4O2/c1-3-18-8-10-19(11-9-18)24(31)28-12-14-29(15-13-28)25(32)22-17-27-30(23(22)4-2)21-7-5-6-20(26)16-21/h5-11,16-17H,3-4,12-15H2,1-2H3. The number of hydrogen-bond acceptors (Lipinski definition) is 3. The summed E-state index contributed by atoms with van der Waals surface area (Å²) in [4.78, 5) is 29.7. The van der Waals surface area contributed by atoms with Crippen LogP contribution in [0.5, 0.6) is 0 Å². The highest BCUT2D eigenvalue weighted by Crippen LogP contribution is 2.21. The van der Waals surface area contributed by atoms with Gasteiger partial charge in [0.25, 0.3) is 11.8 Å². The lowest BCUT2D eigenvalue weighted by molar-refractivity contribution is 0.0535. The van der Waals surface area contributed by atoms with Gasteiger partial charge in [-0.1, -0.05) is 43.6 Å². The number of aryl methyl sites for hydroxylation is 1. The summed E-state index contributed by atoms with van der Waals surface area (Å²) in [6, 6.07) is 15.2. The zero-order valence-electron chi connectivity index (χ0n) is 18.4. The van der Waals surface area contributed by atoms with Crippen LogP contribution in [0.1, 0.15) is 45.8 Å². The Labute approximate surface area is 193 Å². The zero-order valence-corrected chi connectivity index (χ0v) is 19.2. The number of rotatable bonds is 5. The predicted octanol–water partition coefficient (Wildman–Crippen LogP) is 4.25. The average Bonchev–Trinajstić information content (AvgIpc) is 3.27. The minimum Gasteiger partial charge on any atom is -0.335 e. The highest BCUT2D eigenvalue weighted by atomic mass is 35.5. The van der Waals surface area contributed by atoms with Crippen molar-refractivity contribution in [3.05, 3.63) is 82.1 Å². The van der Waals surface area contributed by atoms with Gasteiger partial charge in [-0.3, -0.25) is 9.59 Å². The van der Waals surface area contributed by atoms with Gasteiger partial charge >= 0.3 is 0 Å². The van der Waals surface area contributed by atoms with Crippen molar-refractivity contribution in [1.82, 2.24) is 19.6 Å². The topological polar surface area (TPSA) is 58.4 Å². The first-order chi connectivity index (χ1) is 15.5. The van der Waals surface area contributed by atoms with Crippen molar-refractivity contribution in [2.75, 3.05) is 26.2 Å². The molecule has 3 aromatic rings. The van der Waals surface area contributed by atoms with Crippen molar-refractivity contribution in [1.29, 1.82) is 0 Å². The number of carbonyl (C=O) groups excluding carboxylic acids is 2. The minimum atomic E-state index is -0.0467. The van der Waals surface area contributed by atoms with Crippen LogP contribution in [-0.2, 0) is 12.8 Å². The molecule has 2 amide bonds. The molecule has 7 heteroatoms. The summed E-state index contributed by atoms with van der Waals surface area (Å²) in [7, 11) is 0. The maximum atomic E-state index is 13.3. The first-order valence-corrected chi connectivity index (χ1v) is 11.4. The van der Waals surface area contributed by atoms with E-state index in [0.717, 1.165) is 17.8 Å². The molecule has 0 unspecified atom stereocenters. The van der Waals surface area contributed by atoms with Crippen LogP contribution in [0, 0.1) is 0 Å². The molecule has 0 aliphatic carbocycles. The van der Waals surface area contributed by atoms with Crippen LogP contribution >= 0.6 is 11.6 Å². The molecule has 1 aliphatic heterocycles. The molecule has 2 aromatic carbocycles.